The van der Waals surface area contributed by atoms with E-state index in [1.165, 1.54) is 4.88 Å². The Bertz CT molecular complexity index is 275. The fourth-order valence-corrected chi connectivity index (χ4v) is 1.40. The van der Waals surface area contributed by atoms with Gasteiger partial charge < -0.3 is 5.21 Å². The van der Waals surface area contributed by atoms with Crippen LogP contribution in [0.2, 0.25) is 0 Å². The maximum absolute atomic E-state index is 8.49. The SMILES string of the molecule is CCC(/C=C\c1cccs1)=N\O. The molecule has 0 bridgehead atoms. The van der Waals surface area contributed by atoms with Crippen LogP contribution in [0.5, 0.6) is 0 Å². The van der Waals surface area contributed by atoms with Gasteiger partial charge in [0.15, 0.2) is 0 Å². The predicted octanol–water partition coefficient (Wildman–Crippen LogP) is 3.00. The molecule has 0 aromatic carbocycles. The predicted molar refractivity (Wildman–Crippen MR) is 52.9 cm³/mol. The molecule has 0 unspecified atom stereocenters. The standard InChI is InChI=1S/C9H11NOS/c1-2-8(10-11)5-6-9-4-3-7-12-9/h3-7,11H,2H2,1H3/b6-5-,10-8+. The summed E-state index contributed by atoms with van der Waals surface area (Å²) in [5, 5.41) is 13.7. The Morgan fingerprint density at radius 2 is 2.58 bits per heavy atom. The fourth-order valence-electron chi connectivity index (χ4n) is 0.786. The average Bonchev–Trinajstić information content (AvgIpc) is 2.59. The van der Waals surface area contributed by atoms with Crippen LogP contribution in [0, 0.1) is 0 Å². The summed E-state index contributed by atoms with van der Waals surface area (Å²) >= 11 is 1.66. The summed E-state index contributed by atoms with van der Waals surface area (Å²) in [6.45, 7) is 1.95. The first-order valence-electron chi connectivity index (χ1n) is 3.79. The molecule has 0 atom stereocenters. The maximum atomic E-state index is 8.49. The molecule has 12 heavy (non-hydrogen) atoms. The molecule has 0 fully saturated rings. The van der Waals surface area contributed by atoms with Crippen LogP contribution in [-0.2, 0) is 0 Å². The van der Waals surface area contributed by atoms with Gasteiger partial charge in [0.1, 0.15) is 0 Å². The lowest BCUT2D eigenvalue weighted by atomic mass is 10.2. The first kappa shape index (κ1) is 9.00. The van der Waals surface area contributed by atoms with Crippen LogP contribution in [0.1, 0.15) is 18.2 Å². The van der Waals surface area contributed by atoms with Gasteiger partial charge in [0.05, 0.1) is 5.71 Å². The lowest BCUT2D eigenvalue weighted by molar-refractivity contribution is 0.318. The van der Waals surface area contributed by atoms with Crippen molar-refractivity contribution < 1.29 is 5.21 Å². The summed E-state index contributed by atoms with van der Waals surface area (Å²) in [5.41, 5.74) is 0.698. The van der Waals surface area contributed by atoms with Gasteiger partial charge in [0.2, 0.25) is 0 Å². The highest BCUT2D eigenvalue weighted by molar-refractivity contribution is 7.10. The van der Waals surface area contributed by atoms with Crippen molar-refractivity contribution in [1.29, 1.82) is 0 Å². The van der Waals surface area contributed by atoms with E-state index in [0.717, 1.165) is 6.42 Å². The van der Waals surface area contributed by atoms with Crippen molar-refractivity contribution in [2.75, 3.05) is 0 Å². The molecule has 0 aliphatic rings. The Labute approximate surface area is 75.9 Å². The summed E-state index contributed by atoms with van der Waals surface area (Å²) in [6.07, 6.45) is 4.52. The van der Waals surface area contributed by atoms with Crippen LogP contribution < -0.4 is 0 Å². The van der Waals surface area contributed by atoms with Gasteiger partial charge >= 0.3 is 0 Å². The van der Waals surface area contributed by atoms with Gasteiger partial charge in [-0.1, -0.05) is 18.1 Å². The van der Waals surface area contributed by atoms with Gasteiger partial charge in [0.25, 0.3) is 0 Å². The summed E-state index contributed by atoms with van der Waals surface area (Å²) < 4.78 is 0. The van der Waals surface area contributed by atoms with Crippen molar-refractivity contribution in [3.05, 3.63) is 28.5 Å². The molecule has 0 aliphatic heterocycles. The summed E-state index contributed by atoms with van der Waals surface area (Å²) in [4.78, 5) is 1.17. The highest BCUT2D eigenvalue weighted by atomic mass is 32.1. The normalized spacial score (nSPS) is 12.6. The number of hydrogen-bond donors (Lipinski definition) is 1. The molecule has 0 amide bonds. The van der Waals surface area contributed by atoms with E-state index in [9.17, 15) is 0 Å². The third-order valence-electron chi connectivity index (χ3n) is 1.47. The minimum atomic E-state index is 0.698. The molecule has 0 saturated heterocycles. The molecule has 1 aromatic rings. The molecule has 1 aromatic heterocycles. The second-order valence-electron chi connectivity index (χ2n) is 2.29. The van der Waals surface area contributed by atoms with Gasteiger partial charge in [-0.2, -0.15) is 0 Å². The smallest absolute Gasteiger partial charge is 0.0793 e. The molecule has 1 N–H and O–H groups in total. The highest BCUT2D eigenvalue weighted by Gasteiger charge is 1.90. The second kappa shape index (κ2) is 4.72. The largest absolute Gasteiger partial charge is 0.411 e. The Morgan fingerprint density at radius 1 is 1.75 bits per heavy atom. The van der Waals surface area contributed by atoms with E-state index in [4.69, 9.17) is 5.21 Å². The molecule has 0 spiro atoms. The molecule has 0 saturated carbocycles. The summed E-state index contributed by atoms with van der Waals surface area (Å²) in [7, 11) is 0. The molecule has 1 rings (SSSR count). The number of nitrogens with zero attached hydrogens (tertiary/aromatic N) is 1. The van der Waals surface area contributed by atoms with Crippen LogP contribution in [0.3, 0.4) is 0 Å². The minimum Gasteiger partial charge on any atom is -0.411 e. The van der Waals surface area contributed by atoms with Gasteiger partial charge in [-0.05, 0) is 30.0 Å². The first-order chi connectivity index (χ1) is 5.86. The summed E-state index contributed by atoms with van der Waals surface area (Å²) in [5.74, 6) is 0. The Balaban J connectivity index is 2.62. The van der Waals surface area contributed by atoms with Crippen molar-refractivity contribution in [2.45, 2.75) is 13.3 Å². The third kappa shape index (κ3) is 2.51. The van der Waals surface area contributed by atoms with Crippen molar-refractivity contribution in [1.82, 2.24) is 0 Å². The van der Waals surface area contributed by atoms with Crippen LogP contribution in [0.15, 0.2) is 28.7 Å². The van der Waals surface area contributed by atoms with Crippen molar-refractivity contribution in [3.63, 3.8) is 0 Å². The number of oxime groups is 1. The molecule has 0 aliphatic carbocycles. The van der Waals surface area contributed by atoms with E-state index in [2.05, 4.69) is 5.16 Å². The van der Waals surface area contributed by atoms with Crippen molar-refractivity contribution >= 4 is 23.1 Å². The van der Waals surface area contributed by atoms with Crippen LogP contribution >= 0.6 is 11.3 Å². The van der Waals surface area contributed by atoms with Crippen molar-refractivity contribution in [3.8, 4) is 0 Å². The van der Waals surface area contributed by atoms with E-state index >= 15 is 0 Å². The van der Waals surface area contributed by atoms with E-state index in [-0.39, 0.29) is 0 Å². The molecular formula is C9H11NOS. The average molecular weight is 181 g/mol. The minimum absolute atomic E-state index is 0.698. The maximum Gasteiger partial charge on any atom is 0.0793 e. The van der Waals surface area contributed by atoms with E-state index < -0.39 is 0 Å². The van der Waals surface area contributed by atoms with Crippen LogP contribution in [0.25, 0.3) is 6.08 Å². The van der Waals surface area contributed by atoms with Gasteiger partial charge in [-0.15, -0.1) is 11.3 Å². The Kier molecular flexibility index (Phi) is 3.54. The molecule has 2 nitrogen and oxygen atoms in total. The second-order valence-corrected chi connectivity index (χ2v) is 3.27. The molecule has 1 heterocycles. The zero-order chi connectivity index (χ0) is 8.81. The lowest BCUT2D eigenvalue weighted by Gasteiger charge is -1.89. The monoisotopic (exact) mass is 181 g/mol. The first-order valence-corrected chi connectivity index (χ1v) is 4.67. The number of allylic oxidation sites excluding steroid dienone is 1. The fraction of sp³-hybridized carbons (Fsp3) is 0.222. The lowest BCUT2D eigenvalue weighted by Crippen LogP contribution is -1.88. The Hall–Kier alpha value is -1.09. The molecule has 64 valence electrons. The zero-order valence-corrected chi connectivity index (χ0v) is 7.71. The van der Waals surface area contributed by atoms with Gasteiger partial charge in [-0.3, -0.25) is 0 Å². The highest BCUT2D eigenvalue weighted by Crippen LogP contribution is 2.10. The van der Waals surface area contributed by atoms with Crippen molar-refractivity contribution in [2.24, 2.45) is 5.16 Å². The summed E-state index contributed by atoms with van der Waals surface area (Å²) in [6, 6.07) is 4.01. The van der Waals surface area contributed by atoms with E-state index in [0.29, 0.717) is 5.71 Å². The number of hydrogen-bond acceptors (Lipinski definition) is 3. The van der Waals surface area contributed by atoms with Gasteiger partial charge in [0, 0.05) is 4.88 Å². The zero-order valence-electron chi connectivity index (χ0n) is 6.90. The van der Waals surface area contributed by atoms with Crippen LogP contribution in [0.4, 0.5) is 0 Å². The van der Waals surface area contributed by atoms with Crippen LogP contribution in [-0.4, -0.2) is 10.9 Å². The topological polar surface area (TPSA) is 32.6 Å². The molecule has 3 heteroatoms. The number of rotatable bonds is 3. The Morgan fingerprint density at radius 3 is 3.08 bits per heavy atom. The molecular weight excluding hydrogens is 170 g/mol. The van der Waals surface area contributed by atoms with Gasteiger partial charge in [-0.25, -0.2) is 0 Å². The quantitative estimate of drug-likeness (QED) is 0.434. The molecule has 0 radical (unpaired) electrons. The van der Waals surface area contributed by atoms with E-state index in [1.807, 2.05) is 36.6 Å². The third-order valence-corrected chi connectivity index (χ3v) is 2.31. The van der Waals surface area contributed by atoms with E-state index in [1.54, 1.807) is 11.3 Å². The number of thiophene rings is 1.